The first-order valence-electron chi connectivity index (χ1n) is 6.03. The van der Waals surface area contributed by atoms with E-state index in [1.807, 2.05) is 0 Å². The van der Waals surface area contributed by atoms with Crippen molar-refractivity contribution in [1.29, 1.82) is 0 Å². The zero-order chi connectivity index (χ0) is 12.3. The number of nitrogens with one attached hydrogen (secondary N) is 1. The lowest BCUT2D eigenvalue weighted by Crippen LogP contribution is -2.35. The number of anilines is 1. The van der Waals surface area contributed by atoms with E-state index in [-0.39, 0.29) is 5.56 Å². The Morgan fingerprint density at radius 1 is 1.53 bits per heavy atom. The van der Waals surface area contributed by atoms with E-state index in [1.165, 1.54) is 6.07 Å². The molecule has 1 aliphatic heterocycles. The maximum Gasteiger partial charge on any atom is 0.252 e. The molecule has 5 nitrogen and oxygen atoms in total. The number of aromatic amines is 1. The Balaban J connectivity index is 2.17. The molecule has 1 saturated heterocycles. The van der Waals surface area contributed by atoms with Crippen molar-refractivity contribution in [3.63, 3.8) is 0 Å². The van der Waals surface area contributed by atoms with E-state index in [4.69, 9.17) is 4.74 Å². The minimum Gasteiger partial charge on any atom is -0.378 e. The number of ether oxygens (including phenoxy) is 1. The van der Waals surface area contributed by atoms with Crippen LogP contribution in [0.25, 0.3) is 0 Å². The molecule has 94 valence electrons. The van der Waals surface area contributed by atoms with Crippen LogP contribution in [0.1, 0.15) is 25.5 Å². The smallest absolute Gasteiger partial charge is 0.252 e. The maximum atomic E-state index is 11.5. The summed E-state index contributed by atoms with van der Waals surface area (Å²) in [6.45, 7) is 4.55. The highest BCUT2D eigenvalue weighted by Gasteiger charge is 2.18. The molecular formula is C12H19N3O2. The van der Waals surface area contributed by atoms with Gasteiger partial charge in [-0.1, -0.05) is 6.92 Å². The SMILES string of the molecule is COCc1cc(=O)[nH]c(N2CCC(C)CC2)n1. The average molecular weight is 237 g/mol. The van der Waals surface area contributed by atoms with Crippen molar-refractivity contribution in [2.45, 2.75) is 26.4 Å². The lowest BCUT2D eigenvalue weighted by molar-refractivity contribution is 0.181. The van der Waals surface area contributed by atoms with Gasteiger partial charge in [-0.05, 0) is 18.8 Å². The predicted octanol–water partition coefficient (Wildman–Crippen LogP) is 1.15. The number of hydrogen-bond donors (Lipinski definition) is 1. The first-order chi connectivity index (χ1) is 8.19. The first kappa shape index (κ1) is 12.1. The minimum absolute atomic E-state index is 0.110. The van der Waals surface area contributed by atoms with Gasteiger partial charge in [-0.3, -0.25) is 9.78 Å². The number of piperidine rings is 1. The molecule has 1 aromatic rings. The molecule has 0 bridgehead atoms. The van der Waals surface area contributed by atoms with E-state index < -0.39 is 0 Å². The van der Waals surface area contributed by atoms with Crippen LogP contribution in [0, 0.1) is 5.92 Å². The van der Waals surface area contributed by atoms with Crippen molar-refractivity contribution in [3.05, 3.63) is 22.1 Å². The Kier molecular flexibility index (Phi) is 3.78. The third-order valence-electron chi connectivity index (χ3n) is 3.16. The number of H-pyrrole nitrogens is 1. The standard InChI is InChI=1S/C12H19N3O2/c1-9-3-5-15(6-4-9)12-13-10(8-17-2)7-11(16)14-12/h7,9H,3-6,8H2,1-2H3,(H,13,14,16). The van der Waals surface area contributed by atoms with Crippen LogP contribution in [-0.4, -0.2) is 30.2 Å². The highest BCUT2D eigenvalue weighted by Crippen LogP contribution is 2.19. The quantitative estimate of drug-likeness (QED) is 0.857. The molecule has 0 atom stereocenters. The van der Waals surface area contributed by atoms with Crippen molar-refractivity contribution in [3.8, 4) is 0 Å². The van der Waals surface area contributed by atoms with E-state index in [9.17, 15) is 4.79 Å². The van der Waals surface area contributed by atoms with Crippen LogP contribution in [0.15, 0.2) is 10.9 Å². The molecule has 0 aromatic carbocycles. The molecule has 1 N–H and O–H groups in total. The first-order valence-corrected chi connectivity index (χ1v) is 6.03. The number of rotatable bonds is 3. The molecule has 2 heterocycles. The van der Waals surface area contributed by atoms with Crippen molar-refractivity contribution in [2.75, 3.05) is 25.1 Å². The monoisotopic (exact) mass is 237 g/mol. The number of nitrogens with zero attached hydrogens (tertiary/aromatic N) is 2. The Morgan fingerprint density at radius 2 is 2.24 bits per heavy atom. The highest BCUT2D eigenvalue weighted by atomic mass is 16.5. The van der Waals surface area contributed by atoms with Crippen LogP contribution in [0.4, 0.5) is 5.95 Å². The molecule has 0 unspecified atom stereocenters. The third kappa shape index (κ3) is 3.06. The molecule has 1 fully saturated rings. The molecule has 0 amide bonds. The molecule has 1 aromatic heterocycles. The van der Waals surface area contributed by atoms with Gasteiger partial charge < -0.3 is 9.64 Å². The molecule has 0 aliphatic carbocycles. The van der Waals surface area contributed by atoms with Gasteiger partial charge in [0.25, 0.3) is 5.56 Å². The zero-order valence-corrected chi connectivity index (χ0v) is 10.4. The van der Waals surface area contributed by atoms with Crippen LogP contribution in [0.5, 0.6) is 0 Å². The topological polar surface area (TPSA) is 58.2 Å². The lowest BCUT2D eigenvalue weighted by atomic mass is 10.00. The fourth-order valence-corrected chi connectivity index (χ4v) is 2.09. The summed E-state index contributed by atoms with van der Waals surface area (Å²) in [4.78, 5) is 20.9. The summed E-state index contributed by atoms with van der Waals surface area (Å²) in [6, 6.07) is 1.49. The van der Waals surface area contributed by atoms with Crippen molar-refractivity contribution in [2.24, 2.45) is 5.92 Å². The number of hydrogen-bond acceptors (Lipinski definition) is 4. The summed E-state index contributed by atoms with van der Waals surface area (Å²) < 4.78 is 5.01. The van der Waals surface area contributed by atoms with Gasteiger partial charge in [0.2, 0.25) is 5.95 Å². The lowest BCUT2D eigenvalue weighted by Gasteiger charge is -2.30. The van der Waals surface area contributed by atoms with Gasteiger partial charge >= 0.3 is 0 Å². The van der Waals surface area contributed by atoms with Crippen LogP contribution in [0.3, 0.4) is 0 Å². The summed E-state index contributed by atoms with van der Waals surface area (Å²) in [5, 5.41) is 0. The van der Waals surface area contributed by atoms with Gasteiger partial charge in [-0.25, -0.2) is 4.98 Å². The summed E-state index contributed by atoms with van der Waals surface area (Å²) in [7, 11) is 1.60. The largest absolute Gasteiger partial charge is 0.378 e. The second kappa shape index (κ2) is 5.31. The Hall–Kier alpha value is -1.36. The fourth-order valence-electron chi connectivity index (χ4n) is 2.09. The van der Waals surface area contributed by atoms with Crippen molar-refractivity contribution in [1.82, 2.24) is 9.97 Å². The molecule has 0 spiro atoms. The van der Waals surface area contributed by atoms with Crippen LogP contribution in [0.2, 0.25) is 0 Å². The molecule has 17 heavy (non-hydrogen) atoms. The third-order valence-corrected chi connectivity index (χ3v) is 3.16. The Labute approximate surface area is 101 Å². The molecular weight excluding hydrogens is 218 g/mol. The minimum atomic E-state index is -0.110. The van der Waals surface area contributed by atoms with Gasteiger partial charge in [0.15, 0.2) is 0 Å². The summed E-state index contributed by atoms with van der Waals surface area (Å²) in [6.07, 6.45) is 2.30. The summed E-state index contributed by atoms with van der Waals surface area (Å²) >= 11 is 0. The van der Waals surface area contributed by atoms with E-state index in [1.54, 1.807) is 7.11 Å². The van der Waals surface area contributed by atoms with Crippen LogP contribution in [-0.2, 0) is 11.3 Å². The van der Waals surface area contributed by atoms with E-state index in [0.717, 1.165) is 31.8 Å². The van der Waals surface area contributed by atoms with Gasteiger partial charge in [0.1, 0.15) is 0 Å². The average Bonchev–Trinajstić information content (AvgIpc) is 2.29. The second-order valence-corrected chi connectivity index (χ2v) is 4.66. The van der Waals surface area contributed by atoms with Crippen molar-refractivity contribution < 1.29 is 4.74 Å². The van der Waals surface area contributed by atoms with Gasteiger partial charge in [-0.2, -0.15) is 0 Å². The summed E-state index contributed by atoms with van der Waals surface area (Å²) in [5.41, 5.74) is 0.575. The molecule has 5 heteroatoms. The molecule has 0 saturated carbocycles. The Bertz CT molecular complexity index is 422. The number of aromatic nitrogens is 2. The molecule has 1 aliphatic rings. The maximum absolute atomic E-state index is 11.5. The highest BCUT2D eigenvalue weighted by molar-refractivity contribution is 5.30. The van der Waals surface area contributed by atoms with E-state index >= 15 is 0 Å². The Morgan fingerprint density at radius 3 is 2.88 bits per heavy atom. The van der Waals surface area contributed by atoms with E-state index in [0.29, 0.717) is 18.2 Å². The molecule has 2 rings (SSSR count). The van der Waals surface area contributed by atoms with Crippen molar-refractivity contribution >= 4 is 5.95 Å². The molecule has 0 radical (unpaired) electrons. The van der Waals surface area contributed by atoms with Gasteiger partial charge in [0.05, 0.1) is 12.3 Å². The zero-order valence-electron chi connectivity index (χ0n) is 10.4. The second-order valence-electron chi connectivity index (χ2n) is 4.66. The number of methoxy groups -OCH3 is 1. The van der Waals surface area contributed by atoms with Gasteiger partial charge in [-0.15, -0.1) is 0 Å². The van der Waals surface area contributed by atoms with Crippen LogP contribution >= 0.6 is 0 Å². The van der Waals surface area contributed by atoms with Gasteiger partial charge in [0, 0.05) is 26.3 Å². The predicted molar refractivity (Wildman–Crippen MR) is 66.2 cm³/mol. The van der Waals surface area contributed by atoms with E-state index in [2.05, 4.69) is 21.8 Å². The van der Waals surface area contributed by atoms with Crippen LogP contribution < -0.4 is 10.5 Å². The fraction of sp³-hybridized carbons (Fsp3) is 0.667. The summed E-state index contributed by atoms with van der Waals surface area (Å²) in [5.74, 6) is 1.44. The normalized spacial score (nSPS) is 17.4.